The highest BCUT2D eigenvalue weighted by Crippen LogP contribution is 2.47. The minimum atomic E-state index is -0.609. The van der Waals surface area contributed by atoms with Crippen LogP contribution in [0.1, 0.15) is 49.4 Å². The second-order valence-corrected chi connectivity index (χ2v) is 7.01. The van der Waals surface area contributed by atoms with Crippen molar-refractivity contribution in [1.82, 2.24) is 0 Å². The van der Waals surface area contributed by atoms with Gasteiger partial charge in [0, 0.05) is 22.6 Å². The van der Waals surface area contributed by atoms with E-state index in [1.54, 1.807) is 12.1 Å². The Morgan fingerprint density at radius 2 is 1.75 bits per heavy atom. The Bertz CT molecular complexity index is 1050. The number of carbonyl (C=O) groups is 3. The molecule has 0 heterocycles. The van der Waals surface area contributed by atoms with Gasteiger partial charge in [-0.25, -0.2) is 0 Å². The van der Waals surface area contributed by atoms with Crippen LogP contribution in [-0.2, 0) is 17.6 Å². The van der Waals surface area contributed by atoms with E-state index in [1.165, 1.54) is 13.2 Å². The number of Topliss-reactive ketones (excluding diaryl/α,β-unsaturated/α-hetero) is 1. The van der Waals surface area contributed by atoms with E-state index in [9.17, 15) is 24.6 Å². The summed E-state index contributed by atoms with van der Waals surface area (Å²) in [5.41, 5.74) is 0.301. The molecular formula is C21H18O7. The number of carbonyl (C=O) groups excluding carboxylic acids is 3. The van der Waals surface area contributed by atoms with Gasteiger partial charge >= 0.3 is 0 Å². The molecule has 28 heavy (non-hydrogen) atoms. The lowest BCUT2D eigenvalue weighted by Gasteiger charge is -2.29. The summed E-state index contributed by atoms with van der Waals surface area (Å²) in [6.07, 6.45) is 0.715. The van der Waals surface area contributed by atoms with Crippen molar-refractivity contribution in [2.45, 2.75) is 19.3 Å². The summed E-state index contributed by atoms with van der Waals surface area (Å²) < 4.78 is 5.20. The molecule has 144 valence electrons. The SMILES string of the molecule is COc1cccc2c1C(=O)c1c(O)c3c(c(O)c1C2=O)C[C@@H](C(=O)CO)CC3. The average Bonchev–Trinajstić information content (AvgIpc) is 2.72. The van der Waals surface area contributed by atoms with Crippen LogP contribution in [-0.4, -0.2) is 46.4 Å². The fraction of sp³-hybridized carbons (Fsp3) is 0.286. The lowest BCUT2D eigenvalue weighted by molar-refractivity contribution is -0.125. The van der Waals surface area contributed by atoms with Crippen molar-refractivity contribution in [2.24, 2.45) is 5.92 Å². The molecule has 1 atom stereocenters. The van der Waals surface area contributed by atoms with Gasteiger partial charge in [0.15, 0.2) is 11.6 Å². The maximum absolute atomic E-state index is 13.1. The first-order chi connectivity index (χ1) is 13.4. The Morgan fingerprint density at radius 3 is 2.43 bits per heavy atom. The van der Waals surface area contributed by atoms with Crippen LogP contribution >= 0.6 is 0 Å². The van der Waals surface area contributed by atoms with Crippen LogP contribution in [0.4, 0.5) is 0 Å². The third-order valence-electron chi connectivity index (χ3n) is 5.64. The largest absolute Gasteiger partial charge is 0.507 e. The molecule has 2 aliphatic rings. The van der Waals surface area contributed by atoms with Gasteiger partial charge in [0.25, 0.3) is 0 Å². The van der Waals surface area contributed by atoms with Crippen LogP contribution in [0.5, 0.6) is 17.2 Å². The van der Waals surface area contributed by atoms with E-state index in [4.69, 9.17) is 9.84 Å². The Morgan fingerprint density at radius 1 is 1.07 bits per heavy atom. The Labute approximate surface area is 160 Å². The number of hydrogen-bond acceptors (Lipinski definition) is 7. The smallest absolute Gasteiger partial charge is 0.202 e. The van der Waals surface area contributed by atoms with Crippen molar-refractivity contribution in [1.29, 1.82) is 0 Å². The van der Waals surface area contributed by atoms with Gasteiger partial charge in [-0.1, -0.05) is 12.1 Å². The number of aromatic hydroxyl groups is 2. The van der Waals surface area contributed by atoms with Crippen LogP contribution in [0.3, 0.4) is 0 Å². The Balaban J connectivity index is 1.95. The number of phenols is 2. The summed E-state index contributed by atoms with van der Waals surface area (Å²) in [6.45, 7) is -0.609. The first-order valence-electron chi connectivity index (χ1n) is 8.90. The third-order valence-corrected chi connectivity index (χ3v) is 5.64. The topological polar surface area (TPSA) is 121 Å². The van der Waals surface area contributed by atoms with Gasteiger partial charge in [-0.05, 0) is 25.3 Å². The maximum Gasteiger partial charge on any atom is 0.202 e. The predicted octanol–water partition coefficient (Wildman–Crippen LogP) is 1.55. The maximum atomic E-state index is 13.1. The molecule has 0 amide bonds. The quantitative estimate of drug-likeness (QED) is 0.588. The summed E-state index contributed by atoms with van der Waals surface area (Å²) in [5.74, 6) is -2.56. The fourth-order valence-corrected chi connectivity index (χ4v) is 4.21. The van der Waals surface area contributed by atoms with Gasteiger partial charge < -0.3 is 20.1 Å². The third kappa shape index (κ3) is 2.36. The van der Waals surface area contributed by atoms with Gasteiger partial charge in [-0.3, -0.25) is 14.4 Å². The zero-order chi connectivity index (χ0) is 20.2. The van der Waals surface area contributed by atoms with E-state index in [2.05, 4.69) is 0 Å². The van der Waals surface area contributed by atoms with E-state index in [-0.39, 0.29) is 63.7 Å². The standard InChI is InChI=1S/C21H18O7/c1-28-14-4-2-3-11-15(14)21(27)17-16(19(11)25)20(26)12-7-9(13(23)8-22)5-6-10(12)18(17)24/h2-4,9,22,24,26H,5-8H2,1H3/t9-/m0/s1. The molecule has 7 nitrogen and oxygen atoms in total. The highest BCUT2D eigenvalue weighted by molar-refractivity contribution is 6.31. The van der Waals surface area contributed by atoms with Crippen LogP contribution in [0, 0.1) is 5.92 Å². The molecule has 2 aliphatic carbocycles. The monoisotopic (exact) mass is 382 g/mol. The molecule has 2 aromatic carbocycles. The van der Waals surface area contributed by atoms with E-state index in [0.717, 1.165) is 0 Å². The Hall–Kier alpha value is -3.19. The molecule has 0 spiro atoms. The summed E-state index contributed by atoms with van der Waals surface area (Å²) in [7, 11) is 1.38. The molecule has 0 saturated carbocycles. The van der Waals surface area contributed by atoms with Crippen molar-refractivity contribution in [2.75, 3.05) is 13.7 Å². The van der Waals surface area contributed by atoms with Crippen molar-refractivity contribution < 1.29 is 34.4 Å². The lowest BCUT2D eigenvalue weighted by Crippen LogP contribution is -2.28. The number of aliphatic hydroxyl groups is 1. The van der Waals surface area contributed by atoms with Gasteiger partial charge in [0.05, 0.1) is 23.8 Å². The molecule has 0 radical (unpaired) electrons. The molecule has 0 bridgehead atoms. The lowest BCUT2D eigenvalue weighted by atomic mass is 9.75. The number of rotatable bonds is 3. The normalized spacial score (nSPS) is 17.6. The number of phenolic OH excluding ortho intramolecular Hbond substituents is 2. The second-order valence-electron chi connectivity index (χ2n) is 7.01. The summed E-state index contributed by atoms with van der Waals surface area (Å²) in [4.78, 5) is 38.1. The van der Waals surface area contributed by atoms with Gasteiger partial charge in [-0.15, -0.1) is 0 Å². The average molecular weight is 382 g/mol. The molecule has 0 aromatic heterocycles. The fourth-order valence-electron chi connectivity index (χ4n) is 4.21. The van der Waals surface area contributed by atoms with Crippen LogP contribution in [0.15, 0.2) is 18.2 Å². The highest BCUT2D eigenvalue weighted by atomic mass is 16.5. The molecule has 3 N–H and O–H groups in total. The van der Waals surface area contributed by atoms with Crippen molar-refractivity contribution >= 4 is 17.3 Å². The Kier molecular flexibility index (Phi) is 4.19. The van der Waals surface area contributed by atoms with E-state index in [0.29, 0.717) is 12.0 Å². The molecule has 7 heteroatoms. The molecule has 0 aliphatic heterocycles. The minimum absolute atomic E-state index is 0.0568. The minimum Gasteiger partial charge on any atom is -0.507 e. The molecule has 4 rings (SSSR count). The molecule has 0 saturated heterocycles. The zero-order valence-electron chi connectivity index (χ0n) is 15.1. The first kappa shape index (κ1) is 18.2. The van der Waals surface area contributed by atoms with Crippen LogP contribution in [0.25, 0.3) is 0 Å². The van der Waals surface area contributed by atoms with E-state index in [1.807, 2.05) is 0 Å². The van der Waals surface area contributed by atoms with E-state index < -0.39 is 24.1 Å². The number of ketones is 3. The number of fused-ring (bicyclic) bond motifs is 3. The molecular weight excluding hydrogens is 364 g/mol. The number of benzene rings is 2. The van der Waals surface area contributed by atoms with E-state index >= 15 is 0 Å². The van der Waals surface area contributed by atoms with Crippen molar-refractivity contribution in [3.8, 4) is 17.2 Å². The number of methoxy groups -OCH3 is 1. The molecule has 0 fully saturated rings. The van der Waals surface area contributed by atoms with Crippen molar-refractivity contribution in [3.63, 3.8) is 0 Å². The number of ether oxygens (including phenoxy) is 1. The second kappa shape index (κ2) is 6.45. The van der Waals surface area contributed by atoms with Gasteiger partial charge in [0.2, 0.25) is 5.78 Å². The molecule has 2 aromatic rings. The van der Waals surface area contributed by atoms with Gasteiger partial charge in [-0.2, -0.15) is 0 Å². The highest BCUT2D eigenvalue weighted by Gasteiger charge is 2.40. The van der Waals surface area contributed by atoms with Crippen LogP contribution < -0.4 is 4.74 Å². The summed E-state index contributed by atoms with van der Waals surface area (Å²) in [5, 5.41) is 30.7. The van der Waals surface area contributed by atoms with Crippen molar-refractivity contribution in [3.05, 3.63) is 51.6 Å². The van der Waals surface area contributed by atoms with Crippen LogP contribution in [0.2, 0.25) is 0 Å². The molecule has 0 unspecified atom stereocenters. The first-order valence-corrected chi connectivity index (χ1v) is 8.90. The number of aliphatic hydroxyl groups excluding tert-OH is 1. The predicted molar refractivity (Wildman–Crippen MR) is 97.2 cm³/mol. The summed E-state index contributed by atoms with van der Waals surface area (Å²) in [6, 6.07) is 4.59. The van der Waals surface area contributed by atoms with Gasteiger partial charge in [0.1, 0.15) is 23.9 Å². The summed E-state index contributed by atoms with van der Waals surface area (Å²) >= 11 is 0. The number of hydrogen-bond donors (Lipinski definition) is 3. The zero-order valence-corrected chi connectivity index (χ0v) is 15.1.